The predicted octanol–water partition coefficient (Wildman–Crippen LogP) is 3.51. The Labute approximate surface area is 250 Å². The molecule has 0 unspecified atom stereocenters. The number of amides is 4. The average Bonchev–Trinajstić information content (AvgIpc) is 3.01. The summed E-state index contributed by atoms with van der Waals surface area (Å²) >= 11 is 0. The Hall–Kier alpha value is -4.96. The molecule has 0 bridgehead atoms. The monoisotopic (exact) mass is 578 g/mol. The van der Waals surface area contributed by atoms with E-state index in [1.807, 2.05) is 61.5 Å². The lowest BCUT2D eigenvalue weighted by Crippen LogP contribution is -2.78. The number of aromatic nitrogens is 1. The number of carbonyl (C=O) groups is 3. The number of fused-ring (bicyclic) bond motifs is 2. The van der Waals surface area contributed by atoms with Gasteiger partial charge in [-0.1, -0.05) is 54.6 Å². The summed E-state index contributed by atoms with van der Waals surface area (Å²) in [7, 11) is 1.72. The highest BCUT2D eigenvalue weighted by atomic mass is 16.3. The van der Waals surface area contributed by atoms with Crippen LogP contribution in [0.25, 0.3) is 10.8 Å². The van der Waals surface area contributed by atoms with Crippen molar-refractivity contribution in [1.82, 2.24) is 30.1 Å². The second-order valence-corrected chi connectivity index (χ2v) is 11.1. The summed E-state index contributed by atoms with van der Waals surface area (Å²) in [5.74, 6) is -0.283. The molecule has 0 spiro atoms. The zero-order valence-corrected chi connectivity index (χ0v) is 24.1. The number of pyridine rings is 1. The van der Waals surface area contributed by atoms with Crippen LogP contribution in [0.2, 0.25) is 0 Å². The summed E-state index contributed by atoms with van der Waals surface area (Å²) in [4.78, 5) is 49.3. The average molecular weight is 579 g/mol. The van der Waals surface area contributed by atoms with Gasteiger partial charge in [-0.25, -0.2) is 14.8 Å². The number of likely N-dealkylation sites (N-methyl/N-ethyl adjacent to an activating group) is 1. The van der Waals surface area contributed by atoms with E-state index < -0.39 is 18.2 Å². The second-order valence-electron chi connectivity index (χ2n) is 11.1. The van der Waals surface area contributed by atoms with E-state index in [-0.39, 0.29) is 43.1 Å². The highest BCUT2D eigenvalue weighted by Crippen LogP contribution is 2.33. The van der Waals surface area contributed by atoms with Crippen molar-refractivity contribution in [3.63, 3.8) is 0 Å². The van der Waals surface area contributed by atoms with Crippen molar-refractivity contribution in [3.05, 3.63) is 108 Å². The van der Waals surface area contributed by atoms with E-state index in [1.54, 1.807) is 63.5 Å². The highest BCUT2D eigenvalue weighted by Gasteiger charge is 2.54. The van der Waals surface area contributed by atoms with Crippen molar-refractivity contribution in [2.24, 2.45) is 0 Å². The van der Waals surface area contributed by atoms with Crippen molar-refractivity contribution >= 4 is 28.6 Å². The van der Waals surface area contributed by atoms with Crippen molar-refractivity contribution < 1.29 is 19.5 Å². The van der Waals surface area contributed by atoms with Gasteiger partial charge in [-0.15, -0.1) is 0 Å². The molecule has 2 aliphatic heterocycles. The minimum atomic E-state index is -0.836. The standard InChI is InChI=1S/C33H34N6O4/c1-22-31-38(30(41)21-36(2)39(31)33(43)35-19-24-14-16-34-17-15-24)29(18-23-10-12-27(40)13-11-23)32(42)37(22)20-26-8-5-7-25-6-3-4-9-28(25)26/h3-17,22,29,31,40H,18-21H2,1-2H3,(H,35,43)/t22-,29-,31-/m0/s1. The summed E-state index contributed by atoms with van der Waals surface area (Å²) in [5.41, 5.74) is 2.68. The number of carbonyl (C=O) groups excluding carboxylic acids is 3. The Morgan fingerprint density at radius 2 is 1.67 bits per heavy atom. The molecule has 2 N–H and O–H groups in total. The van der Waals surface area contributed by atoms with Gasteiger partial charge in [0.2, 0.25) is 11.8 Å². The second kappa shape index (κ2) is 11.7. The minimum absolute atomic E-state index is 0.0470. The van der Waals surface area contributed by atoms with Crippen LogP contribution in [0.1, 0.15) is 23.6 Å². The van der Waals surface area contributed by atoms with E-state index >= 15 is 0 Å². The number of piperazine rings is 1. The molecule has 43 heavy (non-hydrogen) atoms. The third-order valence-electron chi connectivity index (χ3n) is 8.37. The van der Waals surface area contributed by atoms with Gasteiger partial charge in [-0.05, 0) is 58.7 Å². The Morgan fingerprint density at radius 3 is 2.44 bits per heavy atom. The van der Waals surface area contributed by atoms with Crippen LogP contribution in [0.4, 0.5) is 4.79 Å². The molecule has 3 aromatic carbocycles. The third kappa shape index (κ3) is 5.49. The maximum absolute atomic E-state index is 14.4. The number of urea groups is 1. The topological polar surface area (TPSA) is 109 Å². The summed E-state index contributed by atoms with van der Waals surface area (Å²) in [5, 5.41) is 18.1. The van der Waals surface area contributed by atoms with E-state index in [4.69, 9.17) is 0 Å². The van der Waals surface area contributed by atoms with E-state index in [2.05, 4.69) is 10.3 Å². The highest BCUT2D eigenvalue weighted by molar-refractivity contribution is 5.92. The van der Waals surface area contributed by atoms with E-state index in [1.165, 1.54) is 0 Å². The molecule has 2 aliphatic rings. The first kappa shape index (κ1) is 28.2. The van der Waals surface area contributed by atoms with Gasteiger partial charge < -0.3 is 20.2 Å². The lowest BCUT2D eigenvalue weighted by molar-refractivity contribution is -0.196. The van der Waals surface area contributed by atoms with Crippen LogP contribution in [0.5, 0.6) is 5.75 Å². The number of nitrogens with zero attached hydrogens (tertiary/aromatic N) is 5. The first-order chi connectivity index (χ1) is 20.8. The number of benzene rings is 3. The van der Waals surface area contributed by atoms with E-state index in [0.717, 1.165) is 27.5 Å². The Balaban J connectivity index is 1.38. The summed E-state index contributed by atoms with van der Waals surface area (Å²) < 4.78 is 0. The molecule has 4 amide bonds. The van der Waals surface area contributed by atoms with Crippen LogP contribution in [-0.4, -0.2) is 79.6 Å². The molecule has 0 saturated carbocycles. The van der Waals surface area contributed by atoms with Gasteiger partial charge in [-0.2, -0.15) is 0 Å². The van der Waals surface area contributed by atoms with Crippen LogP contribution in [0.3, 0.4) is 0 Å². The molecule has 0 aliphatic carbocycles. The van der Waals surface area contributed by atoms with Gasteiger partial charge >= 0.3 is 6.03 Å². The molecule has 2 fully saturated rings. The van der Waals surface area contributed by atoms with Crippen molar-refractivity contribution in [2.45, 2.75) is 44.7 Å². The molecule has 2 saturated heterocycles. The Morgan fingerprint density at radius 1 is 0.953 bits per heavy atom. The smallest absolute Gasteiger partial charge is 0.334 e. The molecule has 3 atom stereocenters. The minimum Gasteiger partial charge on any atom is -0.508 e. The van der Waals surface area contributed by atoms with Crippen LogP contribution < -0.4 is 5.32 Å². The molecule has 10 heteroatoms. The largest absolute Gasteiger partial charge is 0.508 e. The van der Waals surface area contributed by atoms with Crippen LogP contribution in [-0.2, 0) is 29.1 Å². The van der Waals surface area contributed by atoms with E-state index in [9.17, 15) is 19.5 Å². The van der Waals surface area contributed by atoms with Gasteiger partial charge in [0.25, 0.3) is 0 Å². The molecule has 0 radical (unpaired) electrons. The molecule has 6 rings (SSSR count). The molecule has 4 aromatic rings. The first-order valence-electron chi connectivity index (χ1n) is 14.3. The number of hydrogen-bond acceptors (Lipinski definition) is 6. The molecule has 220 valence electrons. The molecule has 1 aromatic heterocycles. The van der Waals surface area contributed by atoms with Crippen LogP contribution in [0, 0.1) is 0 Å². The first-order valence-corrected chi connectivity index (χ1v) is 14.3. The zero-order chi connectivity index (χ0) is 30.1. The predicted molar refractivity (Wildman–Crippen MR) is 161 cm³/mol. The van der Waals surface area contributed by atoms with Crippen molar-refractivity contribution in [1.29, 1.82) is 0 Å². The van der Waals surface area contributed by atoms with E-state index in [0.29, 0.717) is 6.54 Å². The number of nitrogens with one attached hydrogen (secondary N) is 1. The van der Waals surface area contributed by atoms with Gasteiger partial charge in [0, 0.05) is 39.0 Å². The number of hydrazine groups is 1. The molecule has 10 nitrogen and oxygen atoms in total. The lowest BCUT2D eigenvalue weighted by atomic mass is 9.94. The Bertz CT molecular complexity index is 1640. The van der Waals surface area contributed by atoms with Crippen molar-refractivity contribution in [2.75, 3.05) is 13.6 Å². The van der Waals surface area contributed by atoms with Gasteiger partial charge in [0.05, 0.1) is 12.6 Å². The summed E-state index contributed by atoms with van der Waals surface area (Å²) in [6.07, 6.45) is 2.85. The zero-order valence-electron chi connectivity index (χ0n) is 24.1. The van der Waals surface area contributed by atoms with Gasteiger partial charge in [0.15, 0.2) is 0 Å². The van der Waals surface area contributed by atoms with Gasteiger partial charge in [0.1, 0.15) is 18.0 Å². The van der Waals surface area contributed by atoms with Crippen LogP contribution in [0.15, 0.2) is 91.3 Å². The molecule has 3 heterocycles. The fourth-order valence-electron chi connectivity index (χ4n) is 6.20. The number of aromatic hydroxyl groups is 1. The summed E-state index contributed by atoms with van der Waals surface area (Å²) in [6.45, 7) is 2.46. The Kier molecular flexibility index (Phi) is 7.69. The van der Waals surface area contributed by atoms with Crippen molar-refractivity contribution in [3.8, 4) is 5.75 Å². The fourth-order valence-corrected chi connectivity index (χ4v) is 6.20. The maximum Gasteiger partial charge on any atom is 0.334 e. The number of hydrogen-bond donors (Lipinski definition) is 2. The molecular weight excluding hydrogens is 544 g/mol. The third-order valence-corrected chi connectivity index (χ3v) is 8.37. The normalized spacial score (nSPS) is 20.8. The molecular formula is C33H34N6O4. The number of phenols is 1. The number of rotatable bonds is 6. The summed E-state index contributed by atoms with van der Waals surface area (Å²) in [6, 6.07) is 22.7. The lowest BCUT2D eigenvalue weighted by Gasteiger charge is -2.57. The fraction of sp³-hybridized carbons (Fsp3) is 0.273. The van der Waals surface area contributed by atoms with Crippen LogP contribution >= 0.6 is 0 Å². The quantitative estimate of drug-likeness (QED) is 0.363. The van der Waals surface area contributed by atoms with Gasteiger partial charge in [-0.3, -0.25) is 14.6 Å². The maximum atomic E-state index is 14.4. The SMILES string of the molecule is C[C@H]1[C@H]2N(C(=O)CN(C)N2C(=O)NCc2ccncc2)[C@@H](Cc2ccc(O)cc2)C(=O)N1Cc1cccc2ccccc12. The number of phenolic OH excluding ortho intramolecular Hbond substituents is 1.